The highest BCUT2D eigenvalue weighted by molar-refractivity contribution is 9.09. The molecule has 0 saturated heterocycles. The van der Waals surface area contributed by atoms with E-state index in [1.165, 1.54) is 10.8 Å². The third kappa shape index (κ3) is 3.11. The average Bonchev–Trinajstić information content (AvgIpc) is 2.68. The molecule has 0 saturated carbocycles. The number of esters is 1. The van der Waals surface area contributed by atoms with Gasteiger partial charge in [0.25, 0.3) is 0 Å². The Labute approximate surface area is 160 Å². The minimum Gasteiger partial charge on any atom is -0.454 e. The fourth-order valence-electron chi connectivity index (χ4n) is 3.49. The molecule has 0 radical (unpaired) electrons. The maximum Gasteiger partial charge on any atom is 0.311 e. The van der Waals surface area contributed by atoms with Crippen LogP contribution in [0.5, 0.6) is 0 Å². The van der Waals surface area contributed by atoms with Crippen LogP contribution in [0.2, 0.25) is 0 Å². The first-order chi connectivity index (χ1) is 12.8. The largest absolute Gasteiger partial charge is 0.454 e. The highest BCUT2D eigenvalue weighted by atomic mass is 79.9. The zero-order valence-electron chi connectivity index (χ0n) is 14.1. The molecular weight excluding hydrogens is 388 g/mol. The van der Waals surface area contributed by atoms with Crippen LogP contribution in [0.15, 0.2) is 78.9 Å². The van der Waals surface area contributed by atoms with Gasteiger partial charge in [0.1, 0.15) is 5.52 Å². The molecule has 128 valence electrons. The van der Waals surface area contributed by atoms with E-state index in [2.05, 4.69) is 70.5 Å². The van der Waals surface area contributed by atoms with Crippen molar-refractivity contribution in [1.29, 1.82) is 0 Å². The maximum absolute atomic E-state index is 12.1. The Morgan fingerprint density at radius 1 is 0.769 bits per heavy atom. The molecule has 3 heteroatoms. The van der Waals surface area contributed by atoms with Gasteiger partial charge in [0.15, 0.2) is 0 Å². The van der Waals surface area contributed by atoms with Crippen LogP contribution in [-0.2, 0) is 16.0 Å². The summed E-state index contributed by atoms with van der Waals surface area (Å²) in [5.41, 5.74) is 3.43. The van der Waals surface area contributed by atoms with E-state index >= 15 is 0 Å². The smallest absolute Gasteiger partial charge is 0.311 e. The van der Waals surface area contributed by atoms with E-state index in [-0.39, 0.29) is 17.9 Å². The Bertz CT molecular complexity index is 1100. The minimum atomic E-state index is -0.237. The number of ether oxygens (including phenoxy) is 1. The second-order valence-electron chi connectivity index (χ2n) is 6.15. The first-order valence-corrected chi connectivity index (χ1v) is 9.60. The lowest BCUT2D eigenvalue weighted by atomic mass is 9.89. The fraction of sp³-hybridized carbons (Fsp3) is 0.0870. The van der Waals surface area contributed by atoms with Crippen molar-refractivity contribution in [3.05, 3.63) is 84.4 Å². The standard InChI is InChI=1S/C23H17BrO2/c24-15-26-22(25)14-18-13-12-17-7-2-4-10-20(17)23(18)21-11-5-8-16-6-1-3-9-19(16)21/h1-13H,14-15H2. The van der Waals surface area contributed by atoms with Crippen LogP contribution in [0.1, 0.15) is 5.56 Å². The Morgan fingerprint density at radius 3 is 2.19 bits per heavy atom. The quantitative estimate of drug-likeness (QED) is 0.303. The second-order valence-corrected chi connectivity index (χ2v) is 6.61. The van der Waals surface area contributed by atoms with Crippen molar-refractivity contribution in [2.75, 3.05) is 5.52 Å². The number of halogens is 1. The summed E-state index contributed by atoms with van der Waals surface area (Å²) < 4.78 is 5.11. The lowest BCUT2D eigenvalue weighted by Gasteiger charge is -2.15. The van der Waals surface area contributed by atoms with Gasteiger partial charge in [0.05, 0.1) is 6.42 Å². The molecule has 0 spiro atoms. The summed E-state index contributed by atoms with van der Waals surface area (Å²) in [5, 5.41) is 4.68. The molecule has 0 N–H and O–H groups in total. The van der Waals surface area contributed by atoms with Gasteiger partial charge >= 0.3 is 5.97 Å². The van der Waals surface area contributed by atoms with E-state index < -0.39 is 0 Å². The Hall–Kier alpha value is -2.65. The molecule has 4 rings (SSSR count). The van der Waals surface area contributed by atoms with Crippen molar-refractivity contribution in [3.63, 3.8) is 0 Å². The lowest BCUT2D eigenvalue weighted by molar-refractivity contribution is -0.140. The third-order valence-corrected chi connectivity index (χ3v) is 4.85. The van der Waals surface area contributed by atoms with E-state index in [0.29, 0.717) is 0 Å². The first kappa shape index (κ1) is 16.8. The topological polar surface area (TPSA) is 26.3 Å². The summed E-state index contributed by atoms with van der Waals surface area (Å²) in [6.45, 7) is 0. The van der Waals surface area contributed by atoms with Crippen molar-refractivity contribution in [2.24, 2.45) is 0 Å². The van der Waals surface area contributed by atoms with Gasteiger partial charge < -0.3 is 4.74 Å². The van der Waals surface area contributed by atoms with E-state index in [1.54, 1.807) is 0 Å². The number of benzene rings is 4. The van der Waals surface area contributed by atoms with Crippen molar-refractivity contribution in [1.82, 2.24) is 0 Å². The molecule has 0 fully saturated rings. The monoisotopic (exact) mass is 404 g/mol. The van der Waals surface area contributed by atoms with E-state index in [9.17, 15) is 4.79 Å². The Balaban J connectivity index is 2.01. The summed E-state index contributed by atoms with van der Waals surface area (Å²) in [4.78, 5) is 12.1. The predicted molar refractivity (Wildman–Crippen MR) is 110 cm³/mol. The molecule has 0 unspecified atom stereocenters. The van der Waals surface area contributed by atoms with Crippen LogP contribution in [0, 0.1) is 0 Å². The van der Waals surface area contributed by atoms with Gasteiger partial charge in [0, 0.05) is 0 Å². The van der Waals surface area contributed by atoms with Gasteiger partial charge in [0.2, 0.25) is 0 Å². The fourth-order valence-corrected chi connectivity index (χ4v) is 3.75. The molecule has 0 bridgehead atoms. The van der Waals surface area contributed by atoms with Gasteiger partial charge in [-0.2, -0.15) is 0 Å². The van der Waals surface area contributed by atoms with Crippen molar-refractivity contribution < 1.29 is 9.53 Å². The van der Waals surface area contributed by atoms with Gasteiger partial charge in [-0.1, -0.05) is 78.9 Å². The van der Waals surface area contributed by atoms with Crippen molar-refractivity contribution >= 4 is 43.4 Å². The van der Waals surface area contributed by atoms with Gasteiger partial charge in [-0.3, -0.25) is 4.79 Å². The van der Waals surface area contributed by atoms with Crippen LogP contribution < -0.4 is 0 Å². The van der Waals surface area contributed by atoms with E-state index in [4.69, 9.17) is 4.74 Å². The Kier molecular flexibility index (Phi) is 4.72. The molecule has 0 heterocycles. The van der Waals surface area contributed by atoms with Gasteiger partial charge in [-0.05, 0) is 54.2 Å². The number of hydrogen-bond acceptors (Lipinski definition) is 2. The summed E-state index contributed by atoms with van der Waals surface area (Å²) in [7, 11) is 0. The zero-order valence-corrected chi connectivity index (χ0v) is 15.7. The normalized spacial score (nSPS) is 11.0. The molecule has 0 aliphatic carbocycles. The summed E-state index contributed by atoms with van der Waals surface area (Å²) in [5.74, 6) is -0.237. The van der Waals surface area contributed by atoms with Gasteiger partial charge in [-0.15, -0.1) is 0 Å². The SMILES string of the molecule is O=C(Cc1ccc2ccccc2c1-c1cccc2ccccc12)OCBr. The van der Waals surface area contributed by atoms with Crippen LogP contribution in [0.3, 0.4) is 0 Å². The molecule has 4 aromatic rings. The molecule has 26 heavy (non-hydrogen) atoms. The summed E-state index contributed by atoms with van der Waals surface area (Å²) >= 11 is 3.16. The van der Waals surface area contributed by atoms with E-state index in [1.807, 2.05) is 24.3 Å². The molecule has 0 aliphatic rings. The highest BCUT2D eigenvalue weighted by Crippen LogP contribution is 2.36. The highest BCUT2D eigenvalue weighted by Gasteiger charge is 2.15. The van der Waals surface area contributed by atoms with Crippen LogP contribution in [-0.4, -0.2) is 11.5 Å². The molecule has 0 atom stereocenters. The third-order valence-electron chi connectivity index (χ3n) is 4.62. The summed E-state index contributed by atoms with van der Waals surface area (Å²) in [6.07, 6.45) is 0.245. The molecule has 4 aromatic carbocycles. The van der Waals surface area contributed by atoms with Crippen molar-refractivity contribution in [3.8, 4) is 11.1 Å². The number of hydrogen-bond donors (Lipinski definition) is 0. The first-order valence-electron chi connectivity index (χ1n) is 8.48. The average molecular weight is 405 g/mol. The zero-order chi connectivity index (χ0) is 17.9. The molecule has 2 nitrogen and oxygen atoms in total. The van der Waals surface area contributed by atoms with Crippen LogP contribution >= 0.6 is 15.9 Å². The molecular formula is C23H17BrO2. The molecule has 0 aromatic heterocycles. The minimum absolute atomic E-state index is 0.211. The van der Waals surface area contributed by atoms with E-state index in [0.717, 1.165) is 27.5 Å². The number of carbonyl (C=O) groups excluding carboxylic acids is 1. The Morgan fingerprint density at radius 2 is 1.42 bits per heavy atom. The summed E-state index contributed by atoms with van der Waals surface area (Å²) in [6, 6.07) is 27.1. The number of alkyl halides is 1. The molecule has 0 aliphatic heterocycles. The van der Waals surface area contributed by atoms with Crippen LogP contribution in [0.4, 0.5) is 0 Å². The van der Waals surface area contributed by atoms with Crippen molar-refractivity contribution in [2.45, 2.75) is 6.42 Å². The second kappa shape index (κ2) is 7.30. The van der Waals surface area contributed by atoms with Crippen LogP contribution in [0.25, 0.3) is 32.7 Å². The maximum atomic E-state index is 12.1. The number of fused-ring (bicyclic) bond motifs is 2. The molecule has 0 amide bonds. The number of carbonyl (C=O) groups is 1. The predicted octanol–water partition coefficient (Wildman–Crippen LogP) is 6.10. The number of rotatable bonds is 4. The van der Waals surface area contributed by atoms with Gasteiger partial charge in [-0.25, -0.2) is 0 Å². The lowest BCUT2D eigenvalue weighted by Crippen LogP contribution is -2.07.